The molecule has 3 rings (SSSR count). The van der Waals surface area contributed by atoms with E-state index >= 15 is 0 Å². The van der Waals surface area contributed by atoms with Crippen LogP contribution in [0, 0.1) is 23.4 Å². The van der Waals surface area contributed by atoms with Crippen molar-refractivity contribution in [1.82, 2.24) is 4.90 Å². The molecule has 1 aliphatic heterocycles. The number of anilines is 1. The average molecular weight is 397 g/mol. The van der Waals surface area contributed by atoms with Crippen LogP contribution in [0.1, 0.15) is 12.0 Å². The van der Waals surface area contributed by atoms with Gasteiger partial charge in [-0.1, -0.05) is 17.7 Å². The molecule has 0 bridgehead atoms. The molecule has 1 aliphatic rings. The second kappa shape index (κ2) is 7.60. The zero-order valence-electron chi connectivity index (χ0n) is 14.4. The number of carbonyl (C=O) groups excluding carboxylic acids is 2. The predicted molar refractivity (Wildman–Crippen MR) is 94.7 cm³/mol. The number of carbonyl (C=O) groups is 2. The largest absolute Gasteiger partial charge is 0.341 e. The molecule has 0 aliphatic carbocycles. The molecule has 2 aromatic rings. The molecule has 4 nitrogen and oxygen atoms in total. The minimum atomic E-state index is -0.872. The van der Waals surface area contributed by atoms with Crippen LogP contribution >= 0.6 is 11.6 Å². The maximum absolute atomic E-state index is 14.0. The van der Waals surface area contributed by atoms with E-state index in [-0.39, 0.29) is 41.7 Å². The fourth-order valence-corrected chi connectivity index (χ4v) is 3.34. The number of nitrogens with zero attached hydrogens (tertiary/aromatic N) is 2. The van der Waals surface area contributed by atoms with Crippen molar-refractivity contribution in [3.8, 4) is 0 Å². The van der Waals surface area contributed by atoms with Gasteiger partial charge in [0.25, 0.3) is 0 Å². The van der Waals surface area contributed by atoms with Crippen molar-refractivity contribution in [3.05, 3.63) is 64.4 Å². The van der Waals surface area contributed by atoms with Gasteiger partial charge in [0, 0.05) is 43.2 Å². The third-order valence-electron chi connectivity index (χ3n) is 4.51. The van der Waals surface area contributed by atoms with E-state index in [2.05, 4.69) is 0 Å². The highest BCUT2D eigenvalue weighted by Gasteiger charge is 2.37. The van der Waals surface area contributed by atoms with Gasteiger partial charge in [-0.2, -0.15) is 0 Å². The molecule has 142 valence electrons. The van der Waals surface area contributed by atoms with Crippen molar-refractivity contribution >= 4 is 29.1 Å². The van der Waals surface area contributed by atoms with E-state index in [0.717, 1.165) is 17.0 Å². The van der Waals surface area contributed by atoms with Crippen molar-refractivity contribution in [2.24, 2.45) is 5.92 Å². The fraction of sp³-hybridized carbons (Fsp3) is 0.263. The van der Waals surface area contributed by atoms with Gasteiger partial charge in [-0.15, -0.1) is 0 Å². The average Bonchev–Trinajstić information content (AvgIpc) is 2.99. The van der Waals surface area contributed by atoms with Gasteiger partial charge >= 0.3 is 0 Å². The SMILES string of the molecule is CN(Cc1c(F)cccc1Cl)C(=O)C1CC(=O)N(c2ccc(F)cc2F)C1. The van der Waals surface area contributed by atoms with Gasteiger partial charge in [-0.05, 0) is 24.3 Å². The maximum Gasteiger partial charge on any atom is 0.228 e. The minimum Gasteiger partial charge on any atom is -0.341 e. The third-order valence-corrected chi connectivity index (χ3v) is 4.86. The molecule has 1 heterocycles. The summed E-state index contributed by atoms with van der Waals surface area (Å²) >= 11 is 5.98. The van der Waals surface area contributed by atoms with E-state index in [9.17, 15) is 22.8 Å². The summed E-state index contributed by atoms with van der Waals surface area (Å²) in [6.45, 7) is -0.0878. The predicted octanol–water partition coefficient (Wildman–Crippen LogP) is 3.77. The third kappa shape index (κ3) is 3.93. The Bertz CT molecular complexity index is 886. The Balaban J connectivity index is 1.73. The van der Waals surface area contributed by atoms with Gasteiger partial charge < -0.3 is 9.80 Å². The lowest BCUT2D eigenvalue weighted by Crippen LogP contribution is -2.34. The topological polar surface area (TPSA) is 40.6 Å². The summed E-state index contributed by atoms with van der Waals surface area (Å²) in [4.78, 5) is 27.3. The summed E-state index contributed by atoms with van der Waals surface area (Å²) in [6, 6.07) is 7.14. The summed E-state index contributed by atoms with van der Waals surface area (Å²) in [6.07, 6.45) is -0.106. The lowest BCUT2D eigenvalue weighted by Gasteiger charge is -2.22. The van der Waals surface area contributed by atoms with Crippen molar-refractivity contribution < 1.29 is 22.8 Å². The Morgan fingerprint density at radius 2 is 1.96 bits per heavy atom. The van der Waals surface area contributed by atoms with E-state index in [1.807, 2.05) is 0 Å². The zero-order chi connectivity index (χ0) is 19.7. The van der Waals surface area contributed by atoms with E-state index in [4.69, 9.17) is 11.6 Å². The molecule has 0 spiro atoms. The van der Waals surface area contributed by atoms with Crippen LogP contribution in [0.25, 0.3) is 0 Å². The van der Waals surface area contributed by atoms with Gasteiger partial charge in [0.05, 0.1) is 11.6 Å². The van der Waals surface area contributed by atoms with E-state index in [1.165, 1.54) is 30.1 Å². The Morgan fingerprint density at radius 1 is 1.22 bits per heavy atom. The van der Waals surface area contributed by atoms with Crippen molar-refractivity contribution in [3.63, 3.8) is 0 Å². The zero-order valence-corrected chi connectivity index (χ0v) is 15.1. The first kappa shape index (κ1) is 19.2. The second-order valence-corrected chi connectivity index (χ2v) is 6.80. The highest BCUT2D eigenvalue weighted by Crippen LogP contribution is 2.29. The molecule has 0 saturated carbocycles. The standard InChI is InChI=1S/C19H16ClF3N2O2/c1-24(10-13-14(20)3-2-4-15(13)22)19(27)11-7-18(26)25(9-11)17-6-5-12(21)8-16(17)23/h2-6,8,11H,7,9-10H2,1H3. The quantitative estimate of drug-likeness (QED) is 0.789. The first-order valence-corrected chi connectivity index (χ1v) is 8.59. The molecule has 2 amide bonds. The molecule has 1 fully saturated rings. The maximum atomic E-state index is 14.0. The Hall–Kier alpha value is -2.54. The molecular weight excluding hydrogens is 381 g/mol. The summed E-state index contributed by atoms with van der Waals surface area (Å²) in [5.74, 6) is -3.68. The molecule has 1 unspecified atom stereocenters. The number of hydrogen-bond acceptors (Lipinski definition) is 2. The summed E-state index contributed by atoms with van der Waals surface area (Å²) in [5.41, 5.74) is 0.109. The molecule has 0 N–H and O–H groups in total. The molecule has 1 saturated heterocycles. The normalized spacial score (nSPS) is 16.7. The molecule has 2 aromatic carbocycles. The van der Waals surface area contributed by atoms with Gasteiger partial charge in [0.2, 0.25) is 11.8 Å². The number of benzene rings is 2. The van der Waals surface area contributed by atoms with Crippen LogP contribution in [0.3, 0.4) is 0 Å². The van der Waals surface area contributed by atoms with Crippen LogP contribution < -0.4 is 4.90 Å². The number of amides is 2. The van der Waals surface area contributed by atoms with Crippen LogP contribution in [0.5, 0.6) is 0 Å². The van der Waals surface area contributed by atoms with Crippen LogP contribution in [-0.2, 0) is 16.1 Å². The molecule has 8 heteroatoms. The highest BCUT2D eigenvalue weighted by atomic mass is 35.5. The van der Waals surface area contributed by atoms with Crippen molar-refractivity contribution in [2.45, 2.75) is 13.0 Å². The van der Waals surface area contributed by atoms with Crippen LogP contribution in [0.15, 0.2) is 36.4 Å². The molecule has 27 heavy (non-hydrogen) atoms. The Labute approximate surface area is 159 Å². The smallest absolute Gasteiger partial charge is 0.228 e. The summed E-state index contributed by atoms with van der Waals surface area (Å²) in [7, 11) is 1.48. The van der Waals surface area contributed by atoms with Crippen molar-refractivity contribution in [2.75, 3.05) is 18.5 Å². The monoisotopic (exact) mass is 396 g/mol. The van der Waals surface area contributed by atoms with Gasteiger partial charge in [-0.25, -0.2) is 13.2 Å². The number of hydrogen-bond donors (Lipinski definition) is 0. The lowest BCUT2D eigenvalue weighted by molar-refractivity contribution is -0.135. The fourth-order valence-electron chi connectivity index (χ4n) is 3.12. The van der Waals surface area contributed by atoms with Crippen molar-refractivity contribution in [1.29, 1.82) is 0 Å². The Morgan fingerprint density at radius 3 is 2.63 bits per heavy atom. The molecular formula is C19H16ClF3N2O2. The first-order valence-electron chi connectivity index (χ1n) is 8.21. The van der Waals surface area contributed by atoms with E-state index < -0.39 is 29.3 Å². The van der Waals surface area contributed by atoms with Gasteiger partial charge in [0.15, 0.2) is 0 Å². The molecule has 0 radical (unpaired) electrons. The second-order valence-electron chi connectivity index (χ2n) is 6.40. The molecule has 0 aromatic heterocycles. The molecule has 1 atom stereocenters. The van der Waals surface area contributed by atoms with Gasteiger partial charge in [0.1, 0.15) is 17.5 Å². The summed E-state index contributed by atoms with van der Waals surface area (Å²) in [5, 5.41) is 0.201. The lowest BCUT2D eigenvalue weighted by atomic mass is 10.1. The first-order chi connectivity index (χ1) is 12.8. The van der Waals surface area contributed by atoms with E-state index in [0.29, 0.717) is 6.07 Å². The number of halogens is 4. The van der Waals surface area contributed by atoms with Gasteiger partial charge in [-0.3, -0.25) is 9.59 Å². The highest BCUT2D eigenvalue weighted by molar-refractivity contribution is 6.31. The number of rotatable bonds is 4. The van der Waals surface area contributed by atoms with Crippen LogP contribution in [0.4, 0.5) is 18.9 Å². The van der Waals surface area contributed by atoms with Crippen LogP contribution in [-0.4, -0.2) is 30.3 Å². The minimum absolute atomic E-state index is 0.0322. The van der Waals surface area contributed by atoms with E-state index in [1.54, 1.807) is 0 Å². The summed E-state index contributed by atoms with van der Waals surface area (Å²) < 4.78 is 40.9. The van der Waals surface area contributed by atoms with Crippen LogP contribution in [0.2, 0.25) is 5.02 Å². The Kier molecular flexibility index (Phi) is 5.41.